The highest BCUT2D eigenvalue weighted by Gasteiger charge is 2.39. The number of amides is 3. The number of methoxy groups -OCH3 is 1. The van der Waals surface area contributed by atoms with Crippen LogP contribution in [0.25, 0.3) is 16.9 Å². The number of aliphatic hydroxyl groups is 1. The summed E-state index contributed by atoms with van der Waals surface area (Å²) in [5, 5.41) is 16.7. The largest absolute Gasteiger partial charge is 0.497 e. The molecule has 0 saturated carbocycles. The standard InChI is InChI=1S/C30H32F3N7O4/c1-17-15-38(24(16-41)20-5-4-6-21(13-20)36-29(34)43)11-12-39(17)28(42)23-14-35-40-26(30(31,32)33)18(2)25(37-27(23)40)19-7-9-22(44-3)10-8-19/h4-10,13-14,17,24,41H,11-12,15-16H2,1-3H3,(H3,34,36,43)/t17-,24?/m1/s1. The molecule has 1 fully saturated rings. The fourth-order valence-corrected chi connectivity index (χ4v) is 5.71. The molecule has 5 rings (SSSR count). The second kappa shape index (κ2) is 12.1. The lowest BCUT2D eigenvalue weighted by Crippen LogP contribution is -2.55. The van der Waals surface area contributed by atoms with Gasteiger partial charge in [0.1, 0.15) is 11.3 Å². The minimum atomic E-state index is -4.76. The Balaban J connectivity index is 1.45. The molecule has 3 amide bonds. The number of aromatic nitrogens is 3. The molecule has 4 aromatic rings. The number of alkyl halides is 3. The van der Waals surface area contributed by atoms with Gasteiger partial charge in [0.25, 0.3) is 5.91 Å². The Hall–Kier alpha value is -4.69. The van der Waals surface area contributed by atoms with Crippen LogP contribution in [-0.4, -0.2) is 80.8 Å². The Bertz CT molecular complexity index is 1690. The first kappa shape index (κ1) is 30.8. The van der Waals surface area contributed by atoms with Crippen molar-refractivity contribution < 1.29 is 32.6 Å². The lowest BCUT2D eigenvalue weighted by atomic mass is 10.0. The number of urea groups is 1. The smallest absolute Gasteiger partial charge is 0.433 e. The lowest BCUT2D eigenvalue weighted by molar-refractivity contribution is -0.143. The van der Waals surface area contributed by atoms with Gasteiger partial charge in [-0.25, -0.2) is 14.3 Å². The molecule has 14 heteroatoms. The van der Waals surface area contributed by atoms with Gasteiger partial charge in [-0.15, -0.1) is 0 Å². The molecule has 11 nitrogen and oxygen atoms in total. The second-order valence-electron chi connectivity index (χ2n) is 10.6. The molecule has 44 heavy (non-hydrogen) atoms. The van der Waals surface area contributed by atoms with Crippen LogP contribution in [-0.2, 0) is 6.18 Å². The Morgan fingerprint density at radius 2 is 1.91 bits per heavy atom. The number of piperazine rings is 1. The summed E-state index contributed by atoms with van der Waals surface area (Å²) in [6, 6.07) is 11.9. The molecule has 3 heterocycles. The van der Waals surface area contributed by atoms with Crippen molar-refractivity contribution in [1.29, 1.82) is 0 Å². The van der Waals surface area contributed by atoms with Crippen LogP contribution in [0, 0.1) is 6.92 Å². The molecule has 0 spiro atoms. The summed E-state index contributed by atoms with van der Waals surface area (Å²) in [5.41, 5.74) is 5.61. The zero-order valence-electron chi connectivity index (χ0n) is 24.3. The van der Waals surface area contributed by atoms with Gasteiger partial charge >= 0.3 is 12.2 Å². The quantitative estimate of drug-likeness (QED) is 0.286. The number of aliphatic hydroxyl groups excluding tert-OH is 1. The molecule has 1 aliphatic heterocycles. The van der Waals surface area contributed by atoms with Crippen molar-refractivity contribution >= 4 is 23.3 Å². The molecule has 232 valence electrons. The molecule has 2 atom stereocenters. The summed E-state index contributed by atoms with van der Waals surface area (Å²) < 4.78 is 48.9. The number of nitrogens with one attached hydrogen (secondary N) is 1. The second-order valence-corrected chi connectivity index (χ2v) is 10.6. The molecule has 0 bridgehead atoms. The number of nitrogens with two attached hydrogens (primary N) is 1. The Labute approximate surface area is 251 Å². The number of fused-ring (bicyclic) bond motifs is 1. The number of carbonyl (C=O) groups excluding carboxylic acids is 2. The average Bonchev–Trinajstić information content (AvgIpc) is 3.39. The Morgan fingerprint density at radius 1 is 1.18 bits per heavy atom. The molecule has 2 aromatic heterocycles. The molecule has 4 N–H and O–H groups in total. The normalized spacial score (nSPS) is 16.6. The summed E-state index contributed by atoms with van der Waals surface area (Å²) >= 11 is 0. The number of ether oxygens (including phenoxy) is 1. The van der Waals surface area contributed by atoms with Crippen LogP contribution in [0.4, 0.5) is 23.7 Å². The van der Waals surface area contributed by atoms with Gasteiger partial charge < -0.3 is 25.8 Å². The lowest BCUT2D eigenvalue weighted by Gasteiger charge is -2.43. The van der Waals surface area contributed by atoms with Gasteiger partial charge in [0, 0.05) is 42.5 Å². The van der Waals surface area contributed by atoms with E-state index in [0.29, 0.717) is 34.6 Å². The molecule has 1 aliphatic rings. The van der Waals surface area contributed by atoms with E-state index in [1.165, 1.54) is 14.0 Å². The summed E-state index contributed by atoms with van der Waals surface area (Å²) in [6.45, 7) is 3.95. The first-order chi connectivity index (χ1) is 20.9. The molecule has 0 radical (unpaired) electrons. The highest BCUT2D eigenvalue weighted by molar-refractivity contribution is 6.00. The van der Waals surface area contributed by atoms with E-state index in [4.69, 9.17) is 10.5 Å². The first-order valence-corrected chi connectivity index (χ1v) is 13.8. The Morgan fingerprint density at radius 3 is 2.52 bits per heavy atom. The van der Waals surface area contributed by atoms with Crippen LogP contribution in [0.1, 0.15) is 40.1 Å². The molecular weight excluding hydrogens is 579 g/mol. The number of hydrogen-bond acceptors (Lipinski definition) is 7. The van der Waals surface area contributed by atoms with Gasteiger partial charge in [-0.3, -0.25) is 9.69 Å². The number of halogens is 3. The Kier molecular flexibility index (Phi) is 8.48. The van der Waals surface area contributed by atoms with Gasteiger partial charge in [-0.1, -0.05) is 12.1 Å². The maximum atomic E-state index is 14.3. The summed E-state index contributed by atoms with van der Waals surface area (Å²) in [5.74, 6) is 0.0425. The van der Waals surface area contributed by atoms with Crippen LogP contribution >= 0.6 is 0 Å². The number of rotatable bonds is 7. The van der Waals surface area contributed by atoms with Gasteiger partial charge in [0.05, 0.1) is 31.6 Å². The van der Waals surface area contributed by atoms with E-state index >= 15 is 0 Å². The first-order valence-electron chi connectivity index (χ1n) is 13.8. The van der Waals surface area contributed by atoms with Crippen molar-refractivity contribution in [2.75, 3.05) is 38.7 Å². The van der Waals surface area contributed by atoms with E-state index in [1.54, 1.807) is 47.4 Å². The minimum absolute atomic E-state index is 0.0468. The van der Waals surface area contributed by atoms with E-state index in [-0.39, 0.29) is 41.7 Å². The zero-order chi connectivity index (χ0) is 31.8. The fraction of sp³-hybridized carbons (Fsp3) is 0.333. The van der Waals surface area contributed by atoms with Crippen molar-refractivity contribution in [2.45, 2.75) is 32.1 Å². The monoisotopic (exact) mass is 611 g/mol. The number of carbonyl (C=O) groups is 2. The zero-order valence-corrected chi connectivity index (χ0v) is 24.3. The molecule has 2 aromatic carbocycles. The summed E-state index contributed by atoms with van der Waals surface area (Å²) in [6.07, 6.45) is -3.63. The van der Waals surface area contributed by atoms with Crippen LogP contribution in [0.15, 0.2) is 54.7 Å². The maximum absolute atomic E-state index is 14.3. The van der Waals surface area contributed by atoms with Crippen LogP contribution in [0.2, 0.25) is 0 Å². The fourth-order valence-electron chi connectivity index (χ4n) is 5.71. The number of nitrogens with zero attached hydrogens (tertiary/aromatic N) is 5. The SMILES string of the molecule is COc1ccc(-c2nc3c(C(=O)N4CCN(C(CO)c5cccc(NC(N)=O)c5)C[C@H]4C)cnn3c(C(F)(F)F)c2C)cc1. The topological polar surface area (TPSA) is 138 Å². The van der Waals surface area contributed by atoms with E-state index in [1.807, 2.05) is 17.9 Å². The van der Waals surface area contributed by atoms with E-state index < -0.39 is 29.9 Å². The average molecular weight is 612 g/mol. The van der Waals surface area contributed by atoms with Gasteiger partial charge in [-0.2, -0.15) is 18.3 Å². The molecule has 1 unspecified atom stereocenters. The summed E-state index contributed by atoms with van der Waals surface area (Å²) in [7, 11) is 1.49. The van der Waals surface area contributed by atoms with E-state index in [2.05, 4.69) is 15.4 Å². The third kappa shape index (κ3) is 5.90. The van der Waals surface area contributed by atoms with Crippen molar-refractivity contribution in [2.24, 2.45) is 5.73 Å². The van der Waals surface area contributed by atoms with Crippen LogP contribution < -0.4 is 15.8 Å². The van der Waals surface area contributed by atoms with Crippen molar-refractivity contribution in [3.8, 4) is 17.0 Å². The van der Waals surface area contributed by atoms with Crippen molar-refractivity contribution in [1.82, 2.24) is 24.4 Å². The summed E-state index contributed by atoms with van der Waals surface area (Å²) in [4.78, 5) is 33.2. The van der Waals surface area contributed by atoms with Crippen molar-refractivity contribution in [3.05, 3.63) is 77.1 Å². The molecule has 0 aliphatic carbocycles. The third-order valence-electron chi connectivity index (χ3n) is 7.82. The van der Waals surface area contributed by atoms with Crippen LogP contribution in [0.3, 0.4) is 0 Å². The predicted molar refractivity (Wildman–Crippen MR) is 156 cm³/mol. The van der Waals surface area contributed by atoms with E-state index in [9.17, 15) is 27.9 Å². The number of hydrogen-bond donors (Lipinski definition) is 3. The number of primary amides is 1. The highest BCUT2D eigenvalue weighted by Crippen LogP contribution is 2.37. The van der Waals surface area contributed by atoms with E-state index in [0.717, 1.165) is 11.8 Å². The third-order valence-corrected chi connectivity index (χ3v) is 7.82. The molecule has 1 saturated heterocycles. The number of benzene rings is 2. The predicted octanol–water partition coefficient (Wildman–Crippen LogP) is 4.10. The van der Waals surface area contributed by atoms with Gasteiger partial charge in [-0.05, 0) is 55.8 Å². The van der Waals surface area contributed by atoms with Crippen LogP contribution in [0.5, 0.6) is 5.75 Å². The highest BCUT2D eigenvalue weighted by atomic mass is 19.4. The minimum Gasteiger partial charge on any atom is -0.497 e. The number of anilines is 1. The van der Waals surface area contributed by atoms with Crippen molar-refractivity contribution in [3.63, 3.8) is 0 Å². The van der Waals surface area contributed by atoms with Gasteiger partial charge in [0.2, 0.25) is 0 Å². The van der Waals surface area contributed by atoms with Gasteiger partial charge in [0.15, 0.2) is 11.3 Å². The molecular formula is C30H32F3N7O4. The maximum Gasteiger partial charge on any atom is 0.433 e.